The Balaban J connectivity index is 2.06. The van der Waals surface area contributed by atoms with Gasteiger partial charge in [-0.25, -0.2) is 5.43 Å². The van der Waals surface area contributed by atoms with E-state index >= 15 is 0 Å². The number of benzene rings is 2. The van der Waals surface area contributed by atoms with Crippen molar-refractivity contribution < 1.29 is 9.90 Å². The molecule has 2 aromatic carbocycles. The van der Waals surface area contributed by atoms with Crippen LogP contribution in [0, 0.1) is 3.57 Å². The summed E-state index contributed by atoms with van der Waals surface area (Å²) in [6, 6.07) is 12.3. The van der Waals surface area contributed by atoms with Crippen LogP contribution in [0.1, 0.15) is 15.9 Å². The van der Waals surface area contributed by atoms with E-state index in [1.807, 2.05) is 28.7 Å². The highest BCUT2D eigenvalue weighted by Gasteiger charge is 2.05. The lowest BCUT2D eigenvalue weighted by Crippen LogP contribution is -2.17. The van der Waals surface area contributed by atoms with Crippen molar-refractivity contribution in [3.63, 3.8) is 0 Å². The molecule has 2 aromatic rings. The van der Waals surface area contributed by atoms with Gasteiger partial charge >= 0.3 is 0 Å². The molecule has 0 spiro atoms. The van der Waals surface area contributed by atoms with Crippen LogP contribution in [-0.2, 0) is 0 Å². The molecule has 20 heavy (non-hydrogen) atoms. The van der Waals surface area contributed by atoms with Gasteiger partial charge in [-0.3, -0.25) is 4.79 Å². The fourth-order valence-corrected chi connectivity index (χ4v) is 2.98. The second kappa shape index (κ2) is 6.85. The van der Waals surface area contributed by atoms with E-state index in [9.17, 15) is 9.90 Å². The van der Waals surface area contributed by atoms with Gasteiger partial charge in [0.25, 0.3) is 5.91 Å². The summed E-state index contributed by atoms with van der Waals surface area (Å²) in [5.74, 6) is -0.0783. The SMILES string of the molecule is O=C(N/N=C/c1cc(Br)c(O)c(I)c1)c1ccccc1. The van der Waals surface area contributed by atoms with Crippen molar-refractivity contribution in [2.45, 2.75) is 0 Å². The third-order valence-corrected chi connectivity index (χ3v) is 3.88. The van der Waals surface area contributed by atoms with Gasteiger partial charge in [-0.05, 0) is 68.3 Å². The van der Waals surface area contributed by atoms with Crippen LogP contribution in [0.5, 0.6) is 5.75 Å². The number of carbonyl (C=O) groups is 1. The van der Waals surface area contributed by atoms with Crippen LogP contribution >= 0.6 is 38.5 Å². The zero-order valence-electron chi connectivity index (χ0n) is 10.2. The Bertz CT molecular complexity index is 636. The smallest absolute Gasteiger partial charge is 0.271 e. The average Bonchev–Trinajstić information content (AvgIpc) is 2.45. The van der Waals surface area contributed by atoms with Gasteiger partial charge in [0.15, 0.2) is 0 Å². The molecular weight excluding hydrogens is 435 g/mol. The molecule has 0 saturated carbocycles. The lowest BCUT2D eigenvalue weighted by Gasteiger charge is -2.02. The summed E-state index contributed by atoms with van der Waals surface area (Å²) in [6.07, 6.45) is 1.52. The third-order valence-electron chi connectivity index (χ3n) is 2.45. The van der Waals surface area contributed by atoms with Crippen molar-refractivity contribution >= 4 is 50.6 Å². The van der Waals surface area contributed by atoms with Gasteiger partial charge in [-0.2, -0.15) is 5.10 Å². The van der Waals surface area contributed by atoms with Crippen LogP contribution in [0.3, 0.4) is 0 Å². The molecule has 0 aliphatic carbocycles. The number of phenols is 1. The molecule has 1 amide bonds. The van der Waals surface area contributed by atoms with Crippen molar-refractivity contribution in [2.24, 2.45) is 5.10 Å². The van der Waals surface area contributed by atoms with E-state index in [2.05, 4.69) is 26.5 Å². The highest BCUT2D eigenvalue weighted by Crippen LogP contribution is 2.29. The molecule has 102 valence electrons. The van der Waals surface area contributed by atoms with Crippen molar-refractivity contribution in [3.05, 3.63) is 61.6 Å². The molecule has 2 N–H and O–H groups in total. The standard InChI is InChI=1S/C14H10BrIN2O2/c15-11-6-9(7-12(16)13(11)19)8-17-18-14(20)10-4-2-1-3-5-10/h1-8,19H,(H,18,20)/b17-8+. The Kier molecular flexibility index (Phi) is 5.13. The van der Waals surface area contributed by atoms with Gasteiger partial charge in [0, 0.05) is 5.56 Å². The van der Waals surface area contributed by atoms with Gasteiger partial charge in [0.1, 0.15) is 5.75 Å². The van der Waals surface area contributed by atoms with E-state index in [-0.39, 0.29) is 11.7 Å². The van der Waals surface area contributed by atoms with Crippen LogP contribution in [0.15, 0.2) is 52.0 Å². The lowest BCUT2D eigenvalue weighted by molar-refractivity contribution is 0.0955. The van der Waals surface area contributed by atoms with Crippen LogP contribution < -0.4 is 5.43 Å². The number of aromatic hydroxyl groups is 1. The number of halogens is 2. The summed E-state index contributed by atoms with van der Waals surface area (Å²) in [6.45, 7) is 0. The van der Waals surface area contributed by atoms with Crippen molar-refractivity contribution in [3.8, 4) is 5.75 Å². The van der Waals surface area contributed by atoms with Crippen LogP contribution in [0.25, 0.3) is 0 Å². The third kappa shape index (κ3) is 3.80. The number of amides is 1. The molecule has 0 atom stereocenters. The molecule has 0 unspecified atom stereocenters. The number of hydrogen-bond acceptors (Lipinski definition) is 3. The van der Waals surface area contributed by atoms with E-state index in [1.165, 1.54) is 6.21 Å². The fraction of sp³-hybridized carbons (Fsp3) is 0. The summed E-state index contributed by atoms with van der Waals surface area (Å²) in [7, 11) is 0. The molecule has 0 bridgehead atoms. The first-order valence-corrected chi connectivity index (χ1v) is 7.51. The molecule has 0 aromatic heterocycles. The first-order valence-electron chi connectivity index (χ1n) is 5.64. The van der Waals surface area contributed by atoms with Gasteiger partial charge in [0.2, 0.25) is 0 Å². The number of hydrazone groups is 1. The van der Waals surface area contributed by atoms with Gasteiger partial charge in [-0.1, -0.05) is 18.2 Å². The molecule has 0 radical (unpaired) electrons. The summed E-state index contributed by atoms with van der Waals surface area (Å²) in [5.41, 5.74) is 3.77. The number of nitrogens with zero attached hydrogens (tertiary/aromatic N) is 1. The van der Waals surface area contributed by atoms with E-state index in [0.29, 0.717) is 13.6 Å². The summed E-state index contributed by atoms with van der Waals surface area (Å²) < 4.78 is 1.29. The normalized spacial score (nSPS) is 10.7. The Labute approximate surface area is 138 Å². The highest BCUT2D eigenvalue weighted by molar-refractivity contribution is 14.1. The second-order valence-electron chi connectivity index (χ2n) is 3.90. The highest BCUT2D eigenvalue weighted by atomic mass is 127. The zero-order valence-corrected chi connectivity index (χ0v) is 13.9. The second-order valence-corrected chi connectivity index (χ2v) is 5.91. The quantitative estimate of drug-likeness (QED) is 0.432. The van der Waals surface area contributed by atoms with Crippen molar-refractivity contribution in [1.82, 2.24) is 5.43 Å². The van der Waals surface area contributed by atoms with E-state index < -0.39 is 0 Å². The first-order chi connectivity index (χ1) is 9.58. The maximum atomic E-state index is 11.7. The van der Waals surface area contributed by atoms with Gasteiger partial charge < -0.3 is 5.11 Å². The number of rotatable bonds is 3. The monoisotopic (exact) mass is 444 g/mol. The minimum atomic E-state index is -0.269. The number of nitrogens with one attached hydrogen (secondary N) is 1. The lowest BCUT2D eigenvalue weighted by atomic mass is 10.2. The largest absolute Gasteiger partial charge is 0.506 e. The average molecular weight is 445 g/mol. The minimum absolute atomic E-state index is 0.191. The predicted octanol–water partition coefficient (Wildman–Crippen LogP) is 3.52. The van der Waals surface area contributed by atoms with E-state index in [1.54, 1.807) is 36.4 Å². The molecule has 6 heteroatoms. The molecule has 0 fully saturated rings. The Hall–Kier alpha value is -1.41. The summed E-state index contributed by atoms with van der Waals surface area (Å²) in [4.78, 5) is 11.7. The summed E-state index contributed by atoms with van der Waals surface area (Å²) in [5, 5.41) is 13.5. The molecule has 4 nitrogen and oxygen atoms in total. The van der Waals surface area contributed by atoms with E-state index in [0.717, 1.165) is 5.56 Å². The minimum Gasteiger partial charge on any atom is -0.506 e. The fourth-order valence-electron chi connectivity index (χ4n) is 1.48. The maximum absolute atomic E-state index is 11.7. The summed E-state index contributed by atoms with van der Waals surface area (Å²) >= 11 is 5.27. The van der Waals surface area contributed by atoms with E-state index in [4.69, 9.17) is 0 Å². The van der Waals surface area contributed by atoms with Crippen molar-refractivity contribution in [1.29, 1.82) is 0 Å². The number of carbonyl (C=O) groups excluding carboxylic acids is 1. The molecular formula is C14H10BrIN2O2. The topological polar surface area (TPSA) is 61.7 Å². The molecule has 0 aliphatic heterocycles. The maximum Gasteiger partial charge on any atom is 0.271 e. The Morgan fingerprint density at radius 3 is 2.65 bits per heavy atom. The van der Waals surface area contributed by atoms with Gasteiger partial charge in [-0.15, -0.1) is 0 Å². The van der Waals surface area contributed by atoms with Crippen molar-refractivity contribution in [2.75, 3.05) is 0 Å². The Morgan fingerprint density at radius 1 is 1.30 bits per heavy atom. The van der Waals surface area contributed by atoms with Gasteiger partial charge in [0.05, 0.1) is 14.3 Å². The first kappa shape index (κ1) is 15.0. The molecule has 0 aliphatic rings. The predicted molar refractivity (Wildman–Crippen MR) is 90.0 cm³/mol. The number of hydrogen-bond donors (Lipinski definition) is 2. The molecule has 2 rings (SSSR count). The van der Waals surface area contributed by atoms with Crippen LogP contribution in [0.2, 0.25) is 0 Å². The molecule has 0 heterocycles. The van der Waals surface area contributed by atoms with Crippen LogP contribution in [0.4, 0.5) is 0 Å². The zero-order chi connectivity index (χ0) is 14.5. The number of phenolic OH excluding ortho intramolecular Hbond substituents is 1. The van der Waals surface area contributed by atoms with Crippen LogP contribution in [-0.4, -0.2) is 17.2 Å². The molecule has 0 saturated heterocycles. The Morgan fingerprint density at radius 2 is 2.00 bits per heavy atom.